The van der Waals surface area contributed by atoms with Crippen LogP contribution in [0.2, 0.25) is 0 Å². The Morgan fingerprint density at radius 2 is 1.86 bits per heavy atom. The predicted molar refractivity (Wildman–Crippen MR) is 69.6 cm³/mol. The van der Waals surface area contributed by atoms with Gasteiger partial charge in [-0.15, -0.1) is 11.3 Å². The minimum absolute atomic E-state index is 0.800. The number of nitrogen functional groups attached to an aromatic ring is 1. The van der Waals surface area contributed by atoms with Gasteiger partial charge in [-0.3, -0.25) is 0 Å². The van der Waals surface area contributed by atoms with Crippen LogP contribution in [0.25, 0.3) is 10.4 Å². The highest BCUT2D eigenvalue weighted by Crippen LogP contribution is 2.35. The van der Waals surface area contributed by atoms with E-state index in [0.717, 1.165) is 19.5 Å². The van der Waals surface area contributed by atoms with Crippen molar-refractivity contribution in [2.24, 2.45) is 0 Å². The van der Waals surface area contributed by atoms with Gasteiger partial charge in [-0.1, -0.05) is 22.0 Å². The van der Waals surface area contributed by atoms with Crippen molar-refractivity contribution in [2.45, 2.75) is 0 Å². The highest BCUT2D eigenvalue weighted by atomic mass is 79.9. The Morgan fingerprint density at radius 3 is 2.43 bits per heavy atom. The van der Waals surface area contributed by atoms with E-state index in [9.17, 15) is 0 Å². The van der Waals surface area contributed by atoms with Crippen molar-refractivity contribution >= 4 is 48.9 Å². The molecule has 0 bridgehead atoms. The van der Waals surface area contributed by atoms with Crippen LogP contribution in [-0.2, 0) is 0 Å². The Balaban J connectivity index is 2.52. The van der Waals surface area contributed by atoms with E-state index in [1.807, 2.05) is 24.3 Å². The molecule has 0 fully saturated rings. The Labute approximate surface area is 103 Å². The quantitative estimate of drug-likeness (QED) is 0.763. The van der Waals surface area contributed by atoms with Gasteiger partial charge in [0.2, 0.25) is 0 Å². The fourth-order valence-electron chi connectivity index (χ4n) is 1.22. The third-order valence-electron chi connectivity index (χ3n) is 1.85. The molecule has 2 N–H and O–H groups in total. The van der Waals surface area contributed by atoms with Gasteiger partial charge in [0.05, 0.1) is 3.79 Å². The third kappa shape index (κ3) is 2.02. The molecule has 72 valence electrons. The summed E-state index contributed by atoms with van der Waals surface area (Å²) in [6.45, 7) is 0. The molecule has 2 rings (SSSR count). The molecule has 0 amide bonds. The topological polar surface area (TPSA) is 26.0 Å². The van der Waals surface area contributed by atoms with Gasteiger partial charge < -0.3 is 5.73 Å². The minimum Gasteiger partial charge on any atom is -0.398 e. The second-order valence-corrected chi connectivity index (χ2v) is 6.21. The number of hydrogen-bond donors (Lipinski definition) is 1. The lowest BCUT2D eigenvalue weighted by Gasteiger charge is -2.02. The van der Waals surface area contributed by atoms with E-state index in [0.29, 0.717) is 0 Å². The second-order valence-electron chi connectivity index (χ2n) is 2.84. The normalized spacial score (nSPS) is 10.4. The molecule has 1 nitrogen and oxygen atoms in total. The summed E-state index contributed by atoms with van der Waals surface area (Å²) in [5, 5.41) is 0. The van der Waals surface area contributed by atoms with E-state index in [-0.39, 0.29) is 0 Å². The largest absolute Gasteiger partial charge is 0.398 e. The molecule has 0 aliphatic heterocycles. The van der Waals surface area contributed by atoms with Gasteiger partial charge in [0.1, 0.15) is 0 Å². The van der Waals surface area contributed by atoms with Gasteiger partial charge in [-0.05, 0) is 40.2 Å². The van der Waals surface area contributed by atoms with Gasteiger partial charge in [-0.2, -0.15) is 0 Å². The summed E-state index contributed by atoms with van der Waals surface area (Å²) < 4.78 is 2.13. The highest BCUT2D eigenvalue weighted by Gasteiger charge is 2.05. The molecule has 1 heterocycles. The van der Waals surface area contributed by atoms with Crippen molar-refractivity contribution in [1.29, 1.82) is 0 Å². The maximum atomic E-state index is 5.92. The van der Waals surface area contributed by atoms with E-state index in [1.54, 1.807) is 11.3 Å². The molecule has 0 saturated heterocycles. The maximum Gasteiger partial charge on any atom is 0.0705 e. The number of benzene rings is 1. The van der Waals surface area contributed by atoms with Crippen LogP contribution < -0.4 is 5.73 Å². The zero-order chi connectivity index (χ0) is 10.1. The summed E-state index contributed by atoms with van der Waals surface area (Å²) in [6, 6.07) is 10.0. The summed E-state index contributed by atoms with van der Waals surface area (Å²) >= 11 is 8.51. The SMILES string of the molecule is Nc1cc(Br)ccc1-c1ccc(Br)s1. The van der Waals surface area contributed by atoms with Crippen molar-refractivity contribution < 1.29 is 0 Å². The predicted octanol–water partition coefficient (Wildman–Crippen LogP) is 4.52. The number of nitrogens with two attached hydrogens (primary N) is 1. The van der Waals surface area contributed by atoms with E-state index < -0.39 is 0 Å². The fourth-order valence-corrected chi connectivity index (χ4v) is 3.03. The molecule has 0 atom stereocenters. The summed E-state index contributed by atoms with van der Waals surface area (Å²) in [6.07, 6.45) is 0. The molecule has 14 heavy (non-hydrogen) atoms. The highest BCUT2D eigenvalue weighted by molar-refractivity contribution is 9.11. The van der Waals surface area contributed by atoms with E-state index in [1.165, 1.54) is 4.88 Å². The van der Waals surface area contributed by atoms with Crippen LogP contribution in [0.4, 0.5) is 5.69 Å². The lowest BCUT2D eigenvalue weighted by molar-refractivity contribution is 1.63. The molecular weight excluding hydrogens is 326 g/mol. The van der Waals surface area contributed by atoms with Crippen LogP contribution in [-0.4, -0.2) is 0 Å². The molecule has 4 heteroatoms. The van der Waals surface area contributed by atoms with Crippen LogP contribution in [0.1, 0.15) is 0 Å². The average molecular weight is 333 g/mol. The zero-order valence-electron chi connectivity index (χ0n) is 7.13. The zero-order valence-corrected chi connectivity index (χ0v) is 11.1. The van der Waals surface area contributed by atoms with Crippen molar-refractivity contribution in [3.8, 4) is 10.4 Å². The Bertz CT molecular complexity index is 465. The first-order valence-corrected chi connectivity index (χ1v) is 6.38. The van der Waals surface area contributed by atoms with Gasteiger partial charge in [0.15, 0.2) is 0 Å². The van der Waals surface area contributed by atoms with Gasteiger partial charge in [0, 0.05) is 20.6 Å². The first-order chi connectivity index (χ1) is 6.66. The molecule has 2 aromatic rings. The maximum absolute atomic E-state index is 5.92. The summed E-state index contributed by atoms with van der Waals surface area (Å²) in [7, 11) is 0. The molecular formula is C10H7Br2NS. The second kappa shape index (κ2) is 4.04. The number of anilines is 1. The number of thiophene rings is 1. The molecule has 0 unspecified atom stereocenters. The van der Waals surface area contributed by atoms with Crippen LogP contribution in [0, 0.1) is 0 Å². The smallest absolute Gasteiger partial charge is 0.0705 e. The molecule has 1 aromatic carbocycles. The fraction of sp³-hybridized carbons (Fsp3) is 0. The molecule has 0 radical (unpaired) electrons. The molecule has 0 aliphatic rings. The van der Waals surface area contributed by atoms with Crippen molar-refractivity contribution in [3.05, 3.63) is 38.6 Å². The first kappa shape index (κ1) is 10.2. The molecule has 0 aliphatic carbocycles. The number of rotatable bonds is 1. The number of halogens is 2. The monoisotopic (exact) mass is 331 g/mol. The van der Waals surface area contributed by atoms with E-state index in [4.69, 9.17) is 5.73 Å². The Hall–Kier alpha value is -0.320. The van der Waals surface area contributed by atoms with Crippen molar-refractivity contribution in [2.75, 3.05) is 5.73 Å². The summed E-state index contributed by atoms with van der Waals surface area (Å²) in [5.41, 5.74) is 7.81. The van der Waals surface area contributed by atoms with Crippen molar-refractivity contribution in [1.82, 2.24) is 0 Å². The van der Waals surface area contributed by atoms with Crippen LogP contribution in [0.5, 0.6) is 0 Å². The van der Waals surface area contributed by atoms with Gasteiger partial charge in [0.25, 0.3) is 0 Å². The molecule has 1 aromatic heterocycles. The van der Waals surface area contributed by atoms with E-state index >= 15 is 0 Å². The van der Waals surface area contributed by atoms with Gasteiger partial charge >= 0.3 is 0 Å². The van der Waals surface area contributed by atoms with Gasteiger partial charge in [-0.25, -0.2) is 0 Å². The minimum atomic E-state index is 0.800. The lowest BCUT2D eigenvalue weighted by Crippen LogP contribution is -1.87. The summed E-state index contributed by atoms with van der Waals surface area (Å²) in [4.78, 5) is 1.18. The van der Waals surface area contributed by atoms with E-state index in [2.05, 4.69) is 37.9 Å². The molecule has 0 saturated carbocycles. The average Bonchev–Trinajstić information content (AvgIpc) is 2.51. The molecule has 0 spiro atoms. The summed E-state index contributed by atoms with van der Waals surface area (Å²) in [5.74, 6) is 0. The van der Waals surface area contributed by atoms with Crippen LogP contribution >= 0.6 is 43.2 Å². The van der Waals surface area contributed by atoms with Crippen LogP contribution in [0.15, 0.2) is 38.6 Å². The first-order valence-electron chi connectivity index (χ1n) is 3.97. The third-order valence-corrected chi connectivity index (χ3v) is 4.00. The Kier molecular flexibility index (Phi) is 2.95. The van der Waals surface area contributed by atoms with Crippen molar-refractivity contribution in [3.63, 3.8) is 0 Å². The standard InChI is InChI=1S/C10H7Br2NS/c11-6-1-2-7(8(13)5-6)9-3-4-10(12)14-9/h1-5H,13H2. The lowest BCUT2D eigenvalue weighted by atomic mass is 10.1. The number of hydrogen-bond acceptors (Lipinski definition) is 2. The Morgan fingerprint density at radius 1 is 1.07 bits per heavy atom. The van der Waals surface area contributed by atoms with Crippen LogP contribution in [0.3, 0.4) is 0 Å².